The first-order valence-electron chi connectivity index (χ1n) is 4.17. The van der Waals surface area contributed by atoms with Gasteiger partial charge in [-0.15, -0.1) is 0 Å². The number of benzene rings is 1. The fourth-order valence-electron chi connectivity index (χ4n) is 1.39. The van der Waals surface area contributed by atoms with Crippen LogP contribution in [-0.4, -0.2) is 17.9 Å². The first kappa shape index (κ1) is 8.62. The summed E-state index contributed by atoms with van der Waals surface area (Å²) in [5.41, 5.74) is 6.11. The molecule has 1 aromatic carbocycles. The fourth-order valence-corrected chi connectivity index (χ4v) is 1.39. The van der Waals surface area contributed by atoms with E-state index in [4.69, 9.17) is 5.73 Å². The van der Waals surface area contributed by atoms with E-state index < -0.39 is 11.8 Å². The SMILES string of the molecule is NC(=O)C1C=Nc2ccccc2C1=O. The smallest absolute Gasteiger partial charge is 0.233 e. The Morgan fingerprint density at radius 3 is 2.79 bits per heavy atom. The van der Waals surface area contributed by atoms with Crippen LogP contribution in [-0.2, 0) is 4.79 Å². The van der Waals surface area contributed by atoms with Gasteiger partial charge in [0.25, 0.3) is 0 Å². The van der Waals surface area contributed by atoms with Gasteiger partial charge in [0.05, 0.1) is 5.69 Å². The van der Waals surface area contributed by atoms with Crippen LogP contribution in [0, 0.1) is 5.92 Å². The molecule has 0 saturated heterocycles. The van der Waals surface area contributed by atoms with Crippen molar-refractivity contribution in [3.05, 3.63) is 29.8 Å². The standard InChI is InChI=1S/C10H8N2O2/c11-10(14)7-5-12-8-4-2-1-3-6(8)9(7)13/h1-5,7H,(H2,11,14). The lowest BCUT2D eigenvalue weighted by molar-refractivity contribution is -0.118. The molecule has 2 N–H and O–H groups in total. The number of carbonyl (C=O) groups excluding carboxylic acids is 2. The number of primary amides is 1. The molecule has 0 fully saturated rings. The van der Waals surface area contributed by atoms with Crippen LogP contribution in [0.1, 0.15) is 10.4 Å². The molecule has 4 heteroatoms. The lowest BCUT2D eigenvalue weighted by Crippen LogP contribution is -2.33. The average Bonchev–Trinajstić information content (AvgIpc) is 2.18. The molecule has 0 bridgehead atoms. The summed E-state index contributed by atoms with van der Waals surface area (Å²) in [5.74, 6) is -1.85. The van der Waals surface area contributed by atoms with E-state index in [2.05, 4.69) is 4.99 Å². The van der Waals surface area contributed by atoms with Crippen molar-refractivity contribution in [2.45, 2.75) is 0 Å². The minimum absolute atomic E-state index is 0.275. The second-order valence-electron chi connectivity index (χ2n) is 3.04. The summed E-state index contributed by atoms with van der Waals surface area (Å²) >= 11 is 0. The largest absolute Gasteiger partial charge is 0.369 e. The van der Waals surface area contributed by atoms with E-state index in [-0.39, 0.29) is 5.78 Å². The van der Waals surface area contributed by atoms with E-state index >= 15 is 0 Å². The first-order valence-corrected chi connectivity index (χ1v) is 4.17. The van der Waals surface area contributed by atoms with E-state index in [9.17, 15) is 9.59 Å². The van der Waals surface area contributed by atoms with E-state index in [0.29, 0.717) is 11.3 Å². The molecule has 4 nitrogen and oxygen atoms in total. The quantitative estimate of drug-likeness (QED) is 0.658. The highest BCUT2D eigenvalue weighted by atomic mass is 16.2. The first-order chi connectivity index (χ1) is 6.70. The lowest BCUT2D eigenvalue weighted by atomic mass is 9.94. The van der Waals surface area contributed by atoms with Crippen molar-refractivity contribution in [1.82, 2.24) is 0 Å². The van der Waals surface area contributed by atoms with E-state index in [1.54, 1.807) is 24.3 Å². The van der Waals surface area contributed by atoms with Crippen LogP contribution in [0.5, 0.6) is 0 Å². The number of carbonyl (C=O) groups is 2. The van der Waals surface area contributed by atoms with Crippen molar-refractivity contribution in [3.63, 3.8) is 0 Å². The molecule has 0 saturated carbocycles. The van der Waals surface area contributed by atoms with Gasteiger partial charge >= 0.3 is 0 Å². The predicted octanol–water partition coefficient (Wildman–Crippen LogP) is 0.687. The van der Waals surface area contributed by atoms with Gasteiger partial charge in [-0.1, -0.05) is 12.1 Å². The highest BCUT2D eigenvalue weighted by molar-refractivity contribution is 6.23. The van der Waals surface area contributed by atoms with Gasteiger partial charge in [0.15, 0.2) is 5.78 Å². The summed E-state index contributed by atoms with van der Waals surface area (Å²) in [5, 5.41) is 0. The highest BCUT2D eigenvalue weighted by Crippen LogP contribution is 2.25. The van der Waals surface area contributed by atoms with Gasteiger partial charge in [-0.2, -0.15) is 0 Å². The number of hydrogen-bond acceptors (Lipinski definition) is 3. The lowest BCUT2D eigenvalue weighted by Gasteiger charge is -2.13. The van der Waals surface area contributed by atoms with E-state index in [1.165, 1.54) is 6.21 Å². The van der Waals surface area contributed by atoms with Gasteiger partial charge in [-0.25, -0.2) is 0 Å². The van der Waals surface area contributed by atoms with Crippen molar-refractivity contribution < 1.29 is 9.59 Å². The molecule has 0 spiro atoms. The number of para-hydroxylation sites is 1. The maximum Gasteiger partial charge on any atom is 0.233 e. The van der Waals surface area contributed by atoms with Crippen molar-refractivity contribution in [1.29, 1.82) is 0 Å². The monoisotopic (exact) mass is 188 g/mol. The molecular weight excluding hydrogens is 180 g/mol. The average molecular weight is 188 g/mol. The molecular formula is C10H8N2O2. The van der Waals surface area contributed by atoms with Crippen molar-refractivity contribution in [2.75, 3.05) is 0 Å². The number of Topliss-reactive ketones (excluding diaryl/α,β-unsaturated/α-hetero) is 1. The Bertz CT molecular complexity index is 438. The second-order valence-corrected chi connectivity index (χ2v) is 3.04. The minimum atomic E-state index is -0.912. The van der Waals surface area contributed by atoms with Gasteiger partial charge in [0.2, 0.25) is 5.91 Å². The Labute approximate surface area is 80.4 Å². The summed E-state index contributed by atoms with van der Waals surface area (Å²) in [4.78, 5) is 26.6. The zero-order valence-corrected chi connectivity index (χ0v) is 7.31. The number of amides is 1. The van der Waals surface area contributed by atoms with Crippen LogP contribution in [0.25, 0.3) is 0 Å². The Hall–Kier alpha value is -1.97. The van der Waals surface area contributed by atoms with Gasteiger partial charge in [0, 0.05) is 11.8 Å². The molecule has 1 aliphatic heterocycles. The third-order valence-electron chi connectivity index (χ3n) is 2.12. The molecule has 14 heavy (non-hydrogen) atoms. The highest BCUT2D eigenvalue weighted by Gasteiger charge is 2.28. The summed E-state index contributed by atoms with van der Waals surface area (Å²) < 4.78 is 0. The summed E-state index contributed by atoms with van der Waals surface area (Å²) in [6.07, 6.45) is 1.30. The Balaban J connectivity index is 2.50. The van der Waals surface area contributed by atoms with Crippen LogP contribution in [0.4, 0.5) is 5.69 Å². The molecule has 1 heterocycles. The number of aliphatic imine (C=N–C) groups is 1. The number of rotatable bonds is 1. The van der Waals surface area contributed by atoms with Gasteiger partial charge in [0.1, 0.15) is 5.92 Å². The third-order valence-corrected chi connectivity index (χ3v) is 2.12. The molecule has 70 valence electrons. The summed E-state index contributed by atoms with van der Waals surface area (Å²) in [7, 11) is 0. The zero-order valence-electron chi connectivity index (χ0n) is 7.31. The zero-order chi connectivity index (χ0) is 10.1. The maximum atomic E-state index is 11.7. The molecule has 1 aromatic rings. The van der Waals surface area contributed by atoms with E-state index in [1.807, 2.05) is 0 Å². The molecule has 2 rings (SSSR count). The maximum absolute atomic E-state index is 11.7. The predicted molar refractivity (Wildman–Crippen MR) is 51.6 cm³/mol. The van der Waals surface area contributed by atoms with Gasteiger partial charge < -0.3 is 5.73 Å². The van der Waals surface area contributed by atoms with Crippen LogP contribution in [0.15, 0.2) is 29.3 Å². The van der Waals surface area contributed by atoms with Crippen molar-refractivity contribution >= 4 is 23.6 Å². The van der Waals surface area contributed by atoms with Crippen molar-refractivity contribution in [2.24, 2.45) is 16.6 Å². The molecule has 1 amide bonds. The molecule has 0 aliphatic carbocycles. The van der Waals surface area contributed by atoms with Crippen LogP contribution >= 0.6 is 0 Å². The topological polar surface area (TPSA) is 72.5 Å². The molecule has 0 radical (unpaired) electrons. The minimum Gasteiger partial charge on any atom is -0.369 e. The number of fused-ring (bicyclic) bond motifs is 1. The van der Waals surface area contributed by atoms with Gasteiger partial charge in [-0.05, 0) is 12.1 Å². The fraction of sp³-hybridized carbons (Fsp3) is 0.100. The molecule has 1 aliphatic rings. The number of hydrogen-bond donors (Lipinski definition) is 1. The Morgan fingerprint density at radius 1 is 1.36 bits per heavy atom. The molecule has 1 atom stereocenters. The Morgan fingerprint density at radius 2 is 2.07 bits per heavy atom. The van der Waals surface area contributed by atoms with Crippen molar-refractivity contribution in [3.8, 4) is 0 Å². The Kier molecular flexibility index (Phi) is 1.89. The normalized spacial score (nSPS) is 19.1. The van der Waals surface area contributed by atoms with Crippen LogP contribution < -0.4 is 5.73 Å². The molecule has 1 unspecified atom stereocenters. The summed E-state index contributed by atoms with van der Waals surface area (Å²) in [6.45, 7) is 0. The third kappa shape index (κ3) is 1.21. The van der Waals surface area contributed by atoms with E-state index in [0.717, 1.165) is 0 Å². The summed E-state index contributed by atoms with van der Waals surface area (Å²) in [6, 6.07) is 6.88. The number of ketones is 1. The number of nitrogens with zero attached hydrogens (tertiary/aromatic N) is 1. The second kappa shape index (κ2) is 3.06. The van der Waals surface area contributed by atoms with Gasteiger partial charge in [-0.3, -0.25) is 14.6 Å². The number of nitrogens with two attached hydrogens (primary N) is 1. The van der Waals surface area contributed by atoms with Crippen LogP contribution in [0.3, 0.4) is 0 Å². The molecule has 0 aromatic heterocycles. The van der Waals surface area contributed by atoms with Crippen LogP contribution in [0.2, 0.25) is 0 Å².